The van der Waals surface area contributed by atoms with E-state index < -0.39 is 10.2 Å². The Hall–Kier alpha value is -2.53. The molecule has 1 aromatic carbocycles. The zero-order chi connectivity index (χ0) is 20.7. The Morgan fingerprint density at radius 2 is 1.93 bits per heavy atom. The van der Waals surface area contributed by atoms with Gasteiger partial charge in [0.1, 0.15) is 6.61 Å². The van der Waals surface area contributed by atoms with Crippen molar-refractivity contribution in [3.8, 4) is 5.75 Å². The predicted molar refractivity (Wildman–Crippen MR) is 115 cm³/mol. The molecule has 0 spiro atoms. The molecule has 2 heterocycles. The molecule has 0 amide bonds. The maximum absolute atomic E-state index is 11.7. The standard InChI is InChI=1S/C19H23N5O3S2/c1-24(2)29(25,26)21-12-10-16-14-28-19(22-16)23-18-17(9-6-11-20-18)27-13-15-7-4-3-5-8-15/h3-9,11,14,21H,10,12-13H2,1-2H3,(H,20,22,23). The Morgan fingerprint density at radius 3 is 2.69 bits per heavy atom. The lowest BCUT2D eigenvalue weighted by Crippen LogP contribution is -2.36. The van der Waals surface area contributed by atoms with Crippen molar-refractivity contribution in [2.45, 2.75) is 13.0 Å². The van der Waals surface area contributed by atoms with Crippen molar-refractivity contribution in [2.24, 2.45) is 0 Å². The highest BCUT2D eigenvalue weighted by Gasteiger charge is 2.13. The summed E-state index contributed by atoms with van der Waals surface area (Å²) in [4.78, 5) is 8.84. The van der Waals surface area contributed by atoms with Crippen LogP contribution >= 0.6 is 11.3 Å². The van der Waals surface area contributed by atoms with Gasteiger partial charge in [-0.2, -0.15) is 12.7 Å². The highest BCUT2D eigenvalue weighted by molar-refractivity contribution is 7.87. The second kappa shape index (κ2) is 9.79. The van der Waals surface area contributed by atoms with Gasteiger partial charge in [-0.3, -0.25) is 0 Å². The third-order valence-electron chi connectivity index (χ3n) is 3.93. The quantitative estimate of drug-likeness (QED) is 0.510. The number of aromatic nitrogens is 2. The van der Waals surface area contributed by atoms with Crippen LogP contribution in [0.15, 0.2) is 54.0 Å². The van der Waals surface area contributed by atoms with Gasteiger partial charge in [-0.1, -0.05) is 30.3 Å². The van der Waals surface area contributed by atoms with Gasteiger partial charge in [0.25, 0.3) is 10.2 Å². The maximum Gasteiger partial charge on any atom is 0.278 e. The summed E-state index contributed by atoms with van der Waals surface area (Å²) >= 11 is 1.43. The van der Waals surface area contributed by atoms with Crippen LogP contribution in [0, 0.1) is 0 Å². The molecule has 0 radical (unpaired) electrons. The van der Waals surface area contributed by atoms with E-state index in [0.717, 1.165) is 15.6 Å². The van der Waals surface area contributed by atoms with Crippen LogP contribution in [0.4, 0.5) is 10.9 Å². The molecule has 2 N–H and O–H groups in total. The third kappa shape index (κ3) is 6.23. The molecule has 0 fully saturated rings. The van der Waals surface area contributed by atoms with Crippen LogP contribution in [0.3, 0.4) is 0 Å². The number of rotatable bonds is 10. The normalized spacial score (nSPS) is 11.6. The molecular formula is C19H23N5O3S2. The Bertz CT molecular complexity index is 1020. The van der Waals surface area contributed by atoms with Gasteiger partial charge in [-0.25, -0.2) is 14.7 Å². The summed E-state index contributed by atoms with van der Waals surface area (Å²) in [6, 6.07) is 13.6. The molecule has 0 saturated heterocycles. The second-order valence-electron chi connectivity index (χ2n) is 6.33. The number of ether oxygens (including phenoxy) is 1. The molecule has 154 valence electrons. The monoisotopic (exact) mass is 433 g/mol. The van der Waals surface area contributed by atoms with Crippen molar-refractivity contribution in [3.63, 3.8) is 0 Å². The van der Waals surface area contributed by atoms with Crippen LogP contribution in [0.2, 0.25) is 0 Å². The average Bonchev–Trinajstić information content (AvgIpc) is 3.15. The number of nitrogens with one attached hydrogen (secondary N) is 2. The Morgan fingerprint density at radius 1 is 1.14 bits per heavy atom. The topological polar surface area (TPSA) is 96.5 Å². The first-order valence-corrected chi connectivity index (χ1v) is 11.3. The molecule has 3 rings (SSSR count). The first-order chi connectivity index (χ1) is 13.9. The molecule has 0 atom stereocenters. The molecule has 10 heteroatoms. The number of benzene rings is 1. The van der Waals surface area contributed by atoms with Gasteiger partial charge >= 0.3 is 0 Å². The number of nitrogens with zero attached hydrogens (tertiary/aromatic N) is 3. The van der Waals surface area contributed by atoms with Crippen LogP contribution in [0.5, 0.6) is 5.75 Å². The van der Waals surface area contributed by atoms with E-state index in [1.54, 1.807) is 6.20 Å². The minimum absolute atomic E-state index is 0.276. The van der Waals surface area contributed by atoms with Gasteiger partial charge in [0.2, 0.25) is 0 Å². The zero-order valence-corrected chi connectivity index (χ0v) is 17.8. The number of hydrogen-bond acceptors (Lipinski definition) is 7. The van der Waals surface area contributed by atoms with Crippen molar-refractivity contribution in [2.75, 3.05) is 26.0 Å². The largest absolute Gasteiger partial charge is 0.485 e. The molecule has 0 unspecified atom stereocenters. The summed E-state index contributed by atoms with van der Waals surface area (Å²) in [6.07, 6.45) is 2.17. The van der Waals surface area contributed by atoms with Gasteiger partial charge in [-0.05, 0) is 17.7 Å². The number of pyridine rings is 1. The molecule has 2 aromatic heterocycles. The molecule has 0 bridgehead atoms. The van der Waals surface area contributed by atoms with Crippen molar-refractivity contribution in [3.05, 3.63) is 65.3 Å². The van der Waals surface area contributed by atoms with E-state index >= 15 is 0 Å². The highest BCUT2D eigenvalue weighted by atomic mass is 32.2. The number of hydrogen-bond donors (Lipinski definition) is 2. The van der Waals surface area contributed by atoms with E-state index in [1.807, 2.05) is 47.8 Å². The summed E-state index contributed by atoms with van der Waals surface area (Å²) in [7, 11) is -0.461. The second-order valence-corrected chi connectivity index (χ2v) is 9.15. The van der Waals surface area contributed by atoms with E-state index in [1.165, 1.54) is 25.4 Å². The van der Waals surface area contributed by atoms with Gasteiger partial charge in [0, 0.05) is 38.6 Å². The molecule has 0 aliphatic carbocycles. The lowest BCUT2D eigenvalue weighted by atomic mass is 10.2. The Kier molecular flexibility index (Phi) is 7.15. The van der Waals surface area contributed by atoms with Crippen LogP contribution in [-0.4, -0.2) is 43.3 Å². The fourth-order valence-electron chi connectivity index (χ4n) is 2.35. The van der Waals surface area contributed by atoms with E-state index in [9.17, 15) is 8.42 Å². The van der Waals surface area contributed by atoms with Crippen molar-refractivity contribution in [1.82, 2.24) is 19.0 Å². The summed E-state index contributed by atoms with van der Waals surface area (Å²) < 4.78 is 33.0. The fourth-order valence-corrected chi connectivity index (χ4v) is 3.72. The van der Waals surface area contributed by atoms with Gasteiger partial charge in [0.15, 0.2) is 16.7 Å². The molecule has 29 heavy (non-hydrogen) atoms. The fraction of sp³-hybridized carbons (Fsp3) is 0.263. The van der Waals surface area contributed by atoms with Crippen molar-refractivity contribution in [1.29, 1.82) is 0 Å². The lowest BCUT2D eigenvalue weighted by molar-refractivity contribution is 0.307. The minimum Gasteiger partial charge on any atom is -0.485 e. The van der Waals surface area contributed by atoms with Gasteiger partial charge in [0.05, 0.1) is 5.69 Å². The molecular weight excluding hydrogens is 410 g/mol. The summed E-state index contributed by atoms with van der Waals surface area (Å²) in [5, 5.41) is 5.73. The van der Waals surface area contributed by atoms with Gasteiger partial charge in [-0.15, -0.1) is 11.3 Å². The highest BCUT2D eigenvalue weighted by Crippen LogP contribution is 2.27. The molecule has 3 aromatic rings. The minimum atomic E-state index is -3.43. The predicted octanol–water partition coefficient (Wildman–Crippen LogP) is 2.80. The average molecular weight is 434 g/mol. The summed E-state index contributed by atoms with van der Waals surface area (Å²) in [5.41, 5.74) is 1.86. The van der Waals surface area contributed by atoms with E-state index in [-0.39, 0.29) is 6.54 Å². The van der Waals surface area contributed by atoms with Crippen molar-refractivity contribution < 1.29 is 13.2 Å². The van der Waals surface area contributed by atoms with Gasteiger partial charge < -0.3 is 10.1 Å². The van der Waals surface area contributed by atoms with E-state index in [0.29, 0.717) is 29.7 Å². The molecule has 0 aliphatic heterocycles. The van der Waals surface area contributed by atoms with Crippen LogP contribution < -0.4 is 14.8 Å². The zero-order valence-electron chi connectivity index (χ0n) is 16.2. The number of anilines is 2. The maximum atomic E-state index is 11.7. The Balaban J connectivity index is 1.58. The summed E-state index contributed by atoms with van der Waals surface area (Å²) in [6.45, 7) is 0.717. The van der Waals surface area contributed by atoms with Crippen molar-refractivity contribution >= 4 is 32.5 Å². The van der Waals surface area contributed by atoms with E-state index in [2.05, 4.69) is 20.0 Å². The third-order valence-corrected chi connectivity index (χ3v) is 6.27. The van der Waals surface area contributed by atoms with Crippen LogP contribution in [0.1, 0.15) is 11.3 Å². The van der Waals surface area contributed by atoms with Crippen LogP contribution in [0.25, 0.3) is 0 Å². The SMILES string of the molecule is CN(C)S(=O)(=O)NCCc1csc(Nc2ncccc2OCc2ccccc2)n1. The Labute approximate surface area is 174 Å². The van der Waals surface area contributed by atoms with Crippen LogP contribution in [-0.2, 0) is 23.2 Å². The smallest absolute Gasteiger partial charge is 0.278 e. The number of thiazole rings is 1. The first kappa shape index (κ1) is 21.2. The first-order valence-electron chi connectivity index (χ1n) is 8.94. The summed E-state index contributed by atoms with van der Waals surface area (Å²) in [5.74, 6) is 1.21. The van der Waals surface area contributed by atoms with E-state index in [4.69, 9.17) is 4.74 Å². The lowest BCUT2D eigenvalue weighted by Gasteiger charge is -2.11. The molecule has 0 saturated carbocycles. The molecule has 8 nitrogen and oxygen atoms in total. The molecule has 0 aliphatic rings.